The van der Waals surface area contributed by atoms with Crippen molar-refractivity contribution in [2.75, 3.05) is 31.6 Å². The maximum Gasteiger partial charge on any atom is 0.137 e. The molecule has 0 radical (unpaired) electrons. The molecule has 0 atom stereocenters. The molecule has 1 aliphatic carbocycles. The first-order valence-corrected chi connectivity index (χ1v) is 9.40. The first-order chi connectivity index (χ1) is 13.4. The van der Waals surface area contributed by atoms with Gasteiger partial charge in [0.15, 0.2) is 0 Å². The summed E-state index contributed by atoms with van der Waals surface area (Å²) in [5, 5.41) is 16.6. The number of nitrogens with zero attached hydrogens (tertiary/aromatic N) is 3. The minimum absolute atomic E-state index is 0.498. The molecule has 27 heavy (non-hydrogen) atoms. The van der Waals surface area contributed by atoms with Crippen LogP contribution in [0.3, 0.4) is 0 Å². The Labute approximate surface area is 161 Å². The summed E-state index contributed by atoms with van der Waals surface area (Å²) in [6, 6.07) is 8.19. The number of hydrogen-bond acceptors (Lipinski definition) is 6. The normalized spacial score (nSPS) is 16.8. The van der Waals surface area contributed by atoms with E-state index in [9.17, 15) is 0 Å². The number of hydrogen-bond donors (Lipinski definition) is 2. The molecule has 6 heteroatoms. The molecule has 0 amide bonds. The fraction of sp³-hybridized carbons (Fsp3) is 0.476. The summed E-state index contributed by atoms with van der Waals surface area (Å²) in [6.45, 7) is 3.83. The monoisotopic (exact) mass is 365 g/mol. The van der Waals surface area contributed by atoms with Crippen molar-refractivity contribution in [3.05, 3.63) is 30.1 Å². The van der Waals surface area contributed by atoms with Crippen molar-refractivity contribution in [3.8, 4) is 18.9 Å². The Morgan fingerprint density at radius 1 is 1.11 bits per heavy atom. The highest BCUT2D eigenvalue weighted by Crippen LogP contribution is 2.25. The second kappa shape index (κ2) is 11.9. The number of ether oxygens (including phenoxy) is 1. The fourth-order valence-corrected chi connectivity index (χ4v) is 3.20. The molecular weight excluding hydrogens is 338 g/mol. The third-order valence-electron chi connectivity index (χ3n) is 4.56. The van der Waals surface area contributed by atoms with Gasteiger partial charge in [0, 0.05) is 24.5 Å². The third-order valence-corrected chi connectivity index (χ3v) is 4.56. The molecule has 1 saturated heterocycles. The van der Waals surface area contributed by atoms with Crippen molar-refractivity contribution < 1.29 is 4.74 Å². The summed E-state index contributed by atoms with van der Waals surface area (Å²) in [4.78, 5) is 8.59. The van der Waals surface area contributed by atoms with Gasteiger partial charge >= 0.3 is 0 Å². The minimum Gasteiger partial charge on any atom is -0.379 e. The van der Waals surface area contributed by atoms with Crippen LogP contribution >= 0.6 is 0 Å². The van der Waals surface area contributed by atoms with Gasteiger partial charge in [0.05, 0.1) is 30.4 Å². The van der Waals surface area contributed by atoms with Crippen LogP contribution in [-0.4, -0.2) is 42.3 Å². The molecule has 0 spiro atoms. The van der Waals surface area contributed by atoms with E-state index in [2.05, 4.69) is 39.5 Å². The quantitative estimate of drug-likeness (QED) is 0.796. The van der Waals surface area contributed by atoms with Crippen LogP contribution in [0.1, 0.15) is 37.7 Å². The standard InChI is InChI=1S/C15H16N4.C4H9NO.C2H2/c16-9-11-6-7-14-13(8-11)15(18-10-17-14)19-12-4-2-1-3-5-12;1-3-6-4-2-5-1;1-2/h6-8,10,12H,1-5H2,(H,17,18,19);5H,1-4H2;1-2H. The van der Waals surface area contributed by atoms with Crippen LogP contribution in [-0.2, 0) is 4.74 Å². The van der Waals surface area contributed by atoms with Crippen LogP contribution in [0.5, 0.6) is 0 Å². The smallest absolute Gasteiger partial charge is 0.137 e. The first-order valence-electron chi connectivity index (χ1n) is 9.40. The zero-order chi connectivity index (χ0) is 19.3. The summed E-state index contributed by atoms with van der Waals surface area (Å²) in [5.41, 5.74) is 1.53. The van der Waals surface area contributed by atoms with Gasteiger partial charge in [-0.15, -0.1) is 12.8 Å². The molecule has 0 bridgehead atoms. The van der Waals surface area contributed by atoms with Gasteiger partial charge in [-0.05, 0) is 31.0 Å². The third kappa shape index (κ3) is 6.53. The number of nitrogens with one attached hydrogen (secondary N) is 2. The molecule has 2 heterocycles. The Bertz CT molecular complexity index is 746. The van der Waals surface area contributed by atoms with Crippen LogP contribution in [0, 0.1) is 24.2 Å². The van der Waals surface area contributed by atoms with Gasteiger partial charge in [0.2, 0.25) is 0 Å². The number of aromatic nitrogens is 2. The Morgan fingerprint density at radius 2 is 1.85 bits per heavy atom. The van der Waals surface area contributed by atoms with Gasteiger partial charge in [0.1, 0.15) is 12.1 Å². The number of fused-ring (bicyclic) bond motifs is 1. The van der Waals surface area contributed by atoms with Crippen molar-refractivity contribution in [1.29, 1.82) is 5.26 Å². The van der Waals surface area contributed by atoms with E-state index in [-0.39, 0.29) is 0 Å². The predicted octanol–water partition coefficient (Wildman–Crippen LogP) is 3.10. The van der Waals surface area contributed by atoms with E-state index >= 15 is 0 Å². The average Bonchev–Trinajstić information content (AvgIpc) is 2.77. The van der Waals surface area contributed by atoms with E-state index < -0.39 is 0 Å². The van der Waals surface area contributed by atoms with Gasteiger partial charge in [-0.2, -0.15) is 5.26 Å². The molecule has 0 unspecified atom stereocenters. The van der Waals surface area contributed by atoms with E-state index in [1.807, 2.05) is 12.1 Å². The molecule has 2 aromatic rings. The van der Waals surface area contributed by atoms with Crippen molar-refractivity contribution in [1.82, 2.24) is 15.3 Å². The lowest BCUT2D eigenvalue weighted by atomic mass is 9.95. The van der Waals surface area contributed by atoms with Gasteiger partial charge in [-0.25, -0.2) is 9.97 Å². The van der Waals surface area contributed by atoms with Gasteiger partial charge in [-0.1, -0.05) is 19.3 Å². The summed E-state index contributed by atoms with van der Waals surface area (Å²) in [6.07, 6.45) is 15.9. The van der Waals surface area contributed by atoms with Crippen LogP contribution in [0.4, 0.5) is 5.82 Å². The summed E-state index contributed by atoms with van der Waals surface area (Å²) in [7, 11) is 0. The maximum absolute atomic E-state index is 9.00. The topological polar surface area (TPSA) is 82.9 Å². The molecule has 4 rings (SSSR count). The number of anilines is 1. The van der Waals surface area contributed by atoms with Gasteiger partial charge in [0.25, 0.3) is 0 Å². The lowest BCUT2D eigenvalue weighted by Gasteiger charge is -2.23. The van der Waals surface area contributed by atoms with Crippen molar-refractivity contribution in [2.24, 2.45) is 0 Å². The van der Waals surface area contributed by atoms with Crippen LogP contribution in [0.25, 0.3) is 10.9 Å². The summed E-state index contributed by atoms with van der Waals surface area (Å²) in [5.74, 6) is 0.856. The van der Waals surface area contributed by atoms with E-state index in [1.54, 1.807) is 12.4 Å². The van der Waals surface area contributed by atoms with Crippen molar-refractivity contribution >= 4 is 16.7 Å². The van der Waals surface area contributed by atoms with Gasteiger partial charge < -0.3 is 15.4 Å². The van der Waals surface area contributed by atoms with E-state index in [0.29, 0.717) is 11.6 Å². The molecule has 2 fully saturated rings. The van der Waals surface area contributed by atoms with E-state index in [4.69, 9.17) is 10.00 Å². The maximum atomic E-state index is 9.00. The molecule has 142 valence electrons. The van der Waals surface area contributed by atoms with Crippen LogP contribution in [0.15, 0.2) is 24.5 Å². The highest BCUT2D eigenvalue weighted by Gasteiger charge is 2.15. The molecule has 6 nitrogen and oxygen atoms in total. The Kier molecular flexibility index (Phi) is 9.06. The molecule has 1 saturated carbocycles. The largest absolute Gasteiger partial charge is 0.379 e. The SMILES string of the molecule is C#C.C1COCCN1.N#Cc1ccc2ncnc(NC3CCCCC3)c2c1. The Balaban J connectivity index is 0.000000275. The molecular formula is C21H27N5O. The Hall–Kier alpha value is -2.67. The molecule has 1 aromatic carbocycles. The average molecular weight is 365 g/mol. The Morgan fingerprint density at radius 3 is 2.44 bits per heavy atom. The summed E-state index contributed by atoms with van der Waals surface area (Å²) >= 11 is 0. The predicted molar refractivity (Wildman–Crippen MR) is 108 cm³/mol. The number of benzene rings is 1. The zero-order valence-electron chi connectivity index (χ0n) is 15.7. The second-order valence-electron chi connectivity index (χ2n) is 6.41. The van der Waals surface area contributed by atoms with Crippen LogP contribution in [0.2, 0.25) is 0 Å². The lowest BCUT2D eigenvalue weighted by Crippen LogP contribution is -2.30. The zero-order valence-corrected chi connectivity index (χ0v) is 15.7. The van der Waals surface area contributed by atoms with Gasteiger partial charge in [-0.3, -0.25) is 0 Å². The van der Waals surface area contributed by atoms with Crippen molar-refractivity contribution in [3.63, 3.8) is 0 Å². The van der Waals surface area contributed by atoms with E-state index in [1.165, 1.54) is 32.1 Å². The molecule has 2 aliphatic rings. The lowest BCUT2D eigenvalue weighted by molar-refractivity contribution is 0.109. The highest BCUT2D eigenvalue weighted by molar-refractivity contribution is 5.89. The van der Waals surface area contributed by atoms with E-state index in [0.717, 1.165) is 43.0 Å². The number of terminal acetylenes is 1. The number of rotatable bonds is 2. The number of nitriles is 1. The summed E-state index contributed by atoms with van der Waals surface area (Å²) < 4.78 is 5.01. The molecule has 1 aromatic heterocycles. The molecule has 1 aliphatic heterocycles. The second-order valence-corrected chi connectivity index (χ2v) is 6.41. The minimum atomic E-state index is 0.498. The number of morpholine rings is 1. The fourth-order valence-electron chi connectivity index (χ4n) is 3.20. The molecule has 2 N–H and O–H groups in total. The van der Waals surface area contributed by atoms with Crippen molar-refractivity contribution in [2.45, 2.75) is 38.1 Å². The highest BCUT2D eigenvalue weighted by atomic mass is 16.5. The first kappa shape index (κ1) is 20.6. The van der Waals surface area contributed by atoms with Crippen LogP contribution < -0.4 is 10.6 Å².